The van der Waals surface area contributed by atoms with Gasteiger partial charge in [-0.15, -0.1) is 11.7 Å². The third-order valence-corrected chi connectivity index (χ3v) is 4.99. The summed E-state index contributed by atoms with van der Waals surface area (Å²) in [5.41, 5.74) is 1.43. The molecule has 0 aliphatic rings. The summed E-state index contributed by atoms with van der Waals surface area (Å²) < 4.78 is 6.60. The quantitative estimate of drug-likeness (QED) is 0.369. The number of aromatic nitrogens is 4. The van der Waals surface area contributed by atoms with Crippen molar-refractivity contribution >= 4 is 29.3 Å². The number of nitrogens with one attached hydrogen (secondary N) is 2. The highest BCUT2D eigenvalue weighted by molar-refractivity contribution is 7.99. The van der Waals surface area contributed by atoms with E-state index in [-0.39, 0.29) is 24.1 Å². The first-order valence-electron chi connectivity index (χ1n) is 9.38. The number of hydrogen-bond donors (Lipinski definition) is 2. The van der Waals surface area contributed by atoms with E-state index in [9.17, 15) is 9.59 Å². The Bertz CT molecular complexity index is 1040. The van der Waals surface area contributed by atoms with Crippen LogP contribution in [0.4, 0.5) is 5.69 Å². The van der Waals surface area contributed by atoms with Gasteiger partial charge in [-0.05, 0) is 36.4 Å². The minimum atomic E-state index is -0.226. The minimum absolute atomic E-state index is 0.0195. The van der Waals surface area contributed by atoms with Crippen LogP contribution in [0.1, 0.15) is 0 Å². The van der Waals surface area contributed by atoms with Gasteiger partial charge >= 0.3 is 0 Å². The van der Waals surface area contributed by atoms with Crippen LogP contribution in [0.2, 0.25) is 0 Å². The predicted molar refractivity (Wildman–Crippen MR) is 119 cm³/mol. The number of ether oxygens (including phenoxy) is 1. The van der Waals surface area contributed by atoms with Crippen molar-refractivity contribution in [1.29, 1.82) is 0 Å². The molecule has 0 aliphatic carbocycles. The van der Waals surface area contributed by atoms with Crippen LogP contribution in [0, 0.1) is 0 Å². The Kier molecular flexibility index (Phi) is 7.77. The topological polar surface area (TPSA) is 111 Å². The second-order valence-electron chi connectivity index (χ2n) is 6.27. The van der Waals surface area contributed by atoms with Crippen molar-refractivity contribution in [3.63, 3.8) is 0 Å². The number of nitrogens with zero attached hydrogens (tertiary/aromatic N) is 4. The molecule has 160 valence electrons. The number of methoxy groups -OCH3 is 1. The molecule has 10 heteroatoms. The maximum absolute atomic E-state index is 12.4. The van der Waals surface area contributed by atoms with Gasteiger partial charge < -0.3 is 15.4 Å². The third-order valence-electron chi connectivity index (χ3n) is 4.02. The summed E-state index contributed by atoms with van der Waals surface area (Å²) in [6.45, 7) is 3.92. The highest BCUT2D eigenvalue weighted by atomic mass is 32.2. The van der Waals surface area contributed by atoms with E-state index in [1.54, 1.807) is 62.0 Å². The molecule has 0 bridgehead atoms. The Morgan fingerprint density at radius 1 is 1.16 bits per heavy atom. The van der Waals surface area contributed by atoms with Gasteiger partial charge in [0.25, 0.3) is 0 Å². The average Bonchev–Trinajstić information content (AvgIpc) is 3.20. The smallest absolute Gasteiger partial charge is 0.242 e. The number of anilines is 1. The highest BCUT2D eigenvalue weighted by Crippen LogP contribution is 2.22. The zero-order valence-electron chi connectivity index (χ0n) is 16.9. The molecule has 0 saturated heterocycles. The van der Waals surface area contributed by atoms with Gasteiger partial charge in [0.05, 0.1) is 12.9 Å². The molecule has 3 aromatic rings. The molecule has 0 fully saturated rings. The van der Waals surface area contributed by atoms with Crippen LogP contribution in [0.15, 0.2) is 66.6 Å². The summed E-state index contributed by atoms with van der Waals surface area (Å²) in [4.78, 5) is 33.0. The molecule has 2 heterocycles. The summed E-state index contributed by atoms with van der Waals surface area (Å²) in [6.07, 6.45) is 4.88. The standard InChI is InChI=1S/C21H22N6O3S/c1-3-10-23-18(28)13-27-21(25-20(26-27)15-8-11-22-12-9-15)31-14-19(29)24-16-4-6-17(30-2)7-5-16/h3-9,11-12H,1,10,13-14H2,2H3,(H,23,28)(H,24,29). The molecule has 0 unspecified atom stereocenters. The molecule has 2 aromatic heterocycles. The number of amides is 2. The monoisotopic (exact) mass is 438 g/mol. The Morgan fingerprint density at radius 3 is 2.58 bits per heavy atom. The normalized spacial score (nSPS) is 10.4. The molecule has 0 aliphatic heterocycles. The van der Waals surface area contributed by atoms with Gasteiger partial charge in [0.1, 0.15) is 12.3 Å². The van der Waals surface area contributed by atoms with Crippen molar-refractivity contribution in [1.82, 2.24) is 25.1 Å². The van der Waals surface area contributed by atoms with Gasteiger partial charge in [-0.2, -0.15) is 0 Å². The molecule has 0 atom stereocenters. The first kappa shape index (κ1) is 22.0. The molecule has 9 nitrogen and oxygen atoms in total. The molecule has 2 amide bonds. The van der Waals surface area contributed by atoms with Gasteiger partial charge in [-0.25, -0.2) is 9.67 Å². The summed E-state index contributed by atoms with van der Waals surface area (Å²) in [6, 6.07) is 10.6. The number of carbonyl (C=O) groups is 2. The van der Waals surface area contributed by atoms with E-state index in [1.807, 2.05) is 0 Å². The van der Waals surface area contributed by atoms with Gasteiger partial charge in [0, 0.05) is 30.2 Å². The number of benzene rings is 1. The number of thioether (sulfide) groups is 1. The van der Waals surface area contributed by atoms with Crippen LogP contribution in [0.25, 0.3) is 11.4 Å². The van der Waals surface area contributed by atoms with Crippen LogP contribution < -0.4 is 15.4 Å². The molecule has 0 saturated carbocycles. The summed E-state index contributed by atoms with van der Waals surface area (Å²) in [5.74, 6) is 0.840. The third kappa shape index (κ3) is 6.41. The van der Waals surface area contributed by atoms with Crippen LogP contribution in [0.5, 0.6) is 5.75 Å². The van der Waals surface area contributed by atoms with E-state index in [1.165, 1.54) is 16.4 Å². The second kappa shape index (κ2) is 10.9. The van der Waals surface area contributed by atoms with Gasteiger partial charge in [0.15, 0.2) is 11.0 Å². The Balaban J connectivity index is 1.69. The van der Waals surface area contributed by atoms with Crippen molar-refractivity contribution in [3.05, 3.63) is 61.4 Å². The van der Waals surface area contributed by atoms with E-state index >= 15 is 0 Å². The zero-order valence-corrected chi connectivity index (χ0v) is 17.8. The van der Waals surface area contributed by atoms with Crippen molar-refractivity contribution in [2.24, 2.45) is 0 Å². The number of rotatable bonds is 10. The maximum atomic E-state index is 12.4. The van der Waals surface area contributed by atoms with E-state index in [4.69, 9.17) is 4.74 Å². The highest BCUT2D eigenvalue weighted by Gasteiger charge is 2.16. The molecule has 1 aromatic carbocycles. The molecule has 0 radical (unpaired) electrons. The van der Waals surface area contributed by atoms with Crippen molar-refractivity contribution in [2.75, 3.05) is 24.7 Å². The fraction of sp³-hybridized carbons (Fsp3) is 0.190. The average molecular weight is 439 g/mol. The van der Waals surface area contributed by atoms with Crippen LogP contribution in [-0.4, -0.2) is 51.0 Å². The first-order chi connectivity index (χ1) is 15.1. The zero-order chi connectivity index (χ0) is 22.1. The Labute approximate surface area is 183 Å². The lowest BCUT2D eigenvalue weighted by molar-refractivity contribution is -0.121. The van der Waals surface area contributed by atoms with Gasteiger partial charge in [0.2, 0.25) is 11.8 Å². The molecular weight excluding hydrogens is 416 g/mol. The molecular formula is C21H22N6O3S. The first-order valence-corrected chi connectivity index (χ1v) is 10.4. The lowest BCUT2D eigenvalue weighted by Gasteiger charge is -2.07. The van der Waals surface area contributed by atoms with Crippen molar-refractivity contribution in [3.8, 4) is 17.1 Å². The van der Waals surface area contributed by atoms with E-state index < -0.39 is 0 Å². The summed E-state index contributed by atoms with van der Waals surface area (Å²) in [7, 11) is 1.58. The summed E-state index contributed by atoms with van der Waals surface area (Å²) >= 11 is 1.20. The maximum Gasteiger partial charge on any atom is 0.242 e. The summed E-state index contributed by atoms with van der Waals surface area (Å²) in [5, 5.41) is 10.4. The Hall–Kier alpha value is -3.66. The number of pyridine rings is 1. The lowest BCUT2D eigenvalue weighted by Crippen LogP contribution is -2.28. The molecule has 2 N–H and O–H groups in total. The number of carbonyl (C=O) groups excluding carboxylic acids is 2. The van der Waals surface area contributed by atoms with Gasteiger partial charge in [-0.1, -0.05) is 17.8 Å². The van der Waals surface area contributed by atoms with Gasteiger partial charge in [-0.3, -0.25) is 14.6 Å². The SMILES string of the molecule is C=CCNC(=O)Cn1nc(-c2ccncc2)nc1SCC(=O)Nc1ccc(OC)cc1. The second-order valence-corrected chi connectivity index (χ2v) is 7.21. The fourth-order valence-electron chi connectivity index (χ4n) is 2.54. The van der Waals surface area contributed by atoms with Crippen molar-refractivity contribution < 1.29 is 14.3 Å². The largest absolute Gasteiger partial charge is 0.497 e. The number of hydrogen-bond acceptors (Lipinski definition) is 7. The van der Waals surface area contributed by atoms with Crippen LogP contribution in [0.3, 0.4) is 0 Å². The Morgan fingerprint density at radius 2 is 1.90 bits per heavy atom. The molecule has 3 rings (SSSR count). The molecule has 31 heavy (non-hydrogen) atoms. The van der Waals surface area contributed by atoms with E-state index in [0.717, 1.165) is 5.56 Å². The van der Waals surface area contributed by atoms with E-state index in [0.29, 0.717) is 29.0 Å². The lowest BCUT2D eigenvalue weighted by atomic mass is 10.3. The minimum Gasteiger partial charge on any atom is -0.497 e. The predicted octanol–water partition coefficient (Wildman–Crippen LogP) is 2.38. The van der Waals surface area contributed by atoms with E-state index in [2.05, 4.69) is 32.3 Å². The van der Waals surface area contributed by atoms with Crippen LogP contribution in [-0.2, 0) is 16.1 Å². The van der Waals surface area contributed by atoms with Crippen LogP contribution >= 0.6 is 11.8 Å². The van der Waals surface area contributed by atoms with Crippen molar-refractivity contribution in [2.45, 2.75) is 11.7 Å². The molecule has 0 spiro atoms. The fourth-order valence-corrected chi connectivity index (χ4v) is 3.28.